The third kappa shape index (κ3) is 10.2. The van der Waals surface area contributed by atoms with Gasteiger partial charge in [-0.1, -0.05) is 92.9 Å². The van der Waals surface area contributed by atoms with E-state index in [2.05, 4.69) is 75.6 Å². The average molecular weight is 484 g/mol. The van der Waals surface area contributed by atoms with Crippen molar-refractivity contribution in [1.29, 1.82) is 5.26 Å². The van der Waals surface area contributed by atoms with Crippen LogP contribution in [0, 0.1) is 11.3 Å². The number of aromatic nitrogens is 4. The van der Waals surface area contributed by atoms with Gasteiger partial charge in [-0.25, -0.2) is 0 Å². The summed E-state index contributed by atoms with van der Waals surface area (Å²) in [7, 11) is 4.05. The maximum atomic E-state index is 9.13. The van der Waals surface area contributed by atoms with Gasteiger partial charge in [0.15, 0.2) is 0 Å². The van der Waals surface area contributed by atoms with E-state index in [9.17, 15) is 0 Å². The molecule has 2 aromatic heterocycles. The molecular formula is C30H53N5. The number of hydrogen-bond acceptors (Lipinski definition) is 3. The van der Waals surface area contributed by atoms with E-state index in [1.54, 1.807) is 6.20 Å². The van der Waals surface area contributed by atoms with Gasteiger partial charge in [0.1, 0.15) is 6.07 Å². The maximum absolute atomic E-state index is 9.13. The molecule has 0 fully saturated rings. The highest BCUT2D eigenvalue weighted by molar-refractivity contribution is 5.33. The second kappa shape index (κ2) is 17.4. The molecule has 0 bridgehead atoms. The van der Waals surface area contributed by atoms with Gasteiger partial charge < -0.3 is 0 Å². The van der Waals surface area contributed by atoms with E-state index in [1.165, 1.54) is 88.4 Å². The normalized spacial score (nSPS) is 12.0. The predicted octanol–water partition coefficient (Wildman–Crippen LogP) is 8.76. The van der Waals surface area contributed by atoms with Crippen molar-refractivity contribution >= 4 is 0 Å². The third-order valence-electron chi connectivity index (χ3n) is 7.04. The first-order valence-corrected chi connectivity index (χ1v) is 14.3. The number of nitrogens with zero attached hydrogens (tertiary/aromatic N) is 5. The Bertz CT molecular complexity index is 847. The summed E-state index contributed by atoms with van der Waals surface area (Å²) in [6.45, 7) is 13.4. The minimum absolute atomic E-state index is 0.497. The summed E-state index contributed by atoms with van der Waals surface area (Å²) in [6, 6.07) is 4.60. The Kier molecular flexibility index (Phi) is 15.3. The van der Waals surface area contributed by atoms with Crippen LogP contribution in [0.1, 0.15) is 159 Å². The fourth-order valence-electron chi connectivity index (χ4n) is 4.93. The monoisotopic (exact) mass is 483 g/mol. The Morgan fingerprint density at radius 3 is 1.89 bits per heavy atom. The fraction of sp³-hybridized carbons (Fsp3) is 0.767. The second-order valence-corrected chi connectivity index (χ2v) is 10.4. The van der Waals surface area contributed by atoms with Crippen LogP contribution in [-0.2, 0) is 14.1 Å². The van der Waals surface area contributed by atoms with Crippen LogP contribution in [-0.4, -0.2) is 19.6 Å². The van der Waals surface area contributed by atoms with Crippen LogP contribution in [0.2, 0.25) is 0 Å². The van der Waals surface area contributed by atoms with Gasteiger partial charge in [-0.05, 0) is 37.7 Å². The molecule has 5 heteroatoms. The van der Waals surface area contributed by atoms with Gasteiger partial charge in [-0.15, -0.1) is 0 Å². The Labute approximate surface area is 216 Å². The number of unbranched alkanes of at least 4 members (excludes halogenated alkanes) is 4. The molecule has 1 unspecified atom stereocenters. The van der Waals surface area contributed by atoms with Crippen LogP contribution in [0.4, 0.5) is 0 Å². The molecular weight excluding hydrogens is 430 g/mol. The second-order valence-electron chi connectivity index (χ2n) is 10.4. The molecule has 0 N–H and O–H groups in total. The van der Waals surface area contributed by atoms with Gasteiger partial charge in [0.05, 0.1) is 23.1 Å². The maximum Gasteiger partial charge on any atom is 0.103 e. The van der Waals surface area contributed by atoms with Crippen molar-refractivity contribution < 1.29 is 0 Å². The summed E-state index contributed by atoms with van der Waals surface area (Å²) in [5, 5.41) is 18.0. The summed E-state index contributed by atoms with van der Waals surface area (Å²) < 4.78 is 4.00. The van der Waals surface area contributed by atoms with Crippen LogP contribution in [0.3, 0.4) is 0 Å². The standard InChI is InChI=1S/C16H30N2.C14H23N3/c1-6-8-9-11-14(10-7-2)16-12-15(13(3)4)17-18(16)5;1-4-6-8-12(9-7-5-2)14-13(10-15)11-16-17(14)3/h12-14H,6-11H2,1-5H3;11-12H,4-9H2,1-3H3. The van der Waals surface area contributed by atoms with Gasteiger partial charge >= 0.3 is 0 Å². The first kappa shape index (κ1) is 30.9. The van der Waals surface area contributed by atoms with Crippen molar-refractivity contribution in [1.82, 2.24) is 19.6 Å². The lowest BCUT2D eigenvalue weighted by Gasteiger charge is -2.17. The van der Waals surface area contributed by atoms with Crippen molar-refractivity contribution in [2.45, 2.75) is 136 Å². The zero-order chi connectivity index (χ0) is 26.2. The van der Waals surface area contributed by atoms with Crippen molar-refractivity contribution in [2.24, 2.45) is 14.1 Å². The molecule has 0 spiro atoms. The van der Waals surface area contributed by atoms with E-state index in [-0.39, 0.29) is 0 Å². The van der Waals surface area contributed by atoms with E-state index < -0.39 is 0 Å². The molecule has 0 saturated heterocycles. The molecule has 0 aliphatic heterocycles. The molecule has 1 atom stereocenters. The van der Waals surface area contributed by atoms with E-state index in [4.69, 9.17) is 5.26 Å². The lowest BCUT2D eigenvalue weighted by molar-refractivity contribution is 0.492. The molecule has 2 heterocycles. The van der Waals surface area contributed by atoms with Crippen molar-refractivity contribution in [3.63, 3.8) is 0 Å². The number of nitriles is 1. The van der Waals surface area contributed by atoms with Crippen LogP contribution in [0.25, 0.3) is 0 Å². The van der Waals surface area contributed by atoms with Crippen LogP contribution in [0.5, 0.6) is 0 Å². The summed E-state index contributed by atoms with van der Waals surface area (Å²) in [4.78, 5) is 0. The number of aryl methyl sites for hydroxylation is 2. The molecule has 2 rings (SSSR count). The summed E-state index contributed by atoms with van der Waals surface area (Å²) in [6.07, 6.45) is 16.8. The summed E-state index contributed by atoms with van der Waals surface area (Å²) in [5.74, 6) is 1.73. The summed E-state index contributed by atoms with van der Waals surface area (Å²) in [5.41, 5.74) is 4.57. The van der Waals surface area contributed by atoms with Gasteiger partial charge in [0, 0.05) is 31.6 Å². The van der Waals surface area contributed by atoms with Crippen LogP contribution in [0.15, 0.2) is 12.3 Å². The van der Waals surface area contributed by atoms with Gasteiger partial charge in [-0.3, -0.25) is 9.36 Å². The van der Waals surface area contributed by atoms with E-state index in [0.717, 1.165) is 11.3 Å². The lowest BCUT2D eigenvalue weighted by Crippen LogP contribution is -2.08. The minimum atomic E-state index is 0.497. The predicted molar refractivity (Wildman–Crippen MR) is 149 cm³/mol. The molecule has 2 aromatic rings. The Morgan fingerprint density at radius 1 is 0.800 bits per heavy atom. The average Bonchev–Trinajstić information content (AvgIpc) is 3.41. The van der Waals surface area contributed by atoms with E-state index in [0.29, 0.717) is 17.8 Å². The van der Waals surface area contributed by atoms with E-state index in [1.807, 2.05) is 11.7 Å². The van der Waals surface area contributed by atoms with Crippen molar-refractivity contribution in [3.05, 3.63) is 34.9 Å². The smallest absolute Gasteiger partial charge is 0.103 e. The molecule has 5 nitrogen and oxygen atoms in total. The molecule has 0 aliphatic carbocycles. The largest absolute Gasteiger partial charge is 0.272 e. The highest BCUT2D eigenvalue weighted by atomic mass is 15.3. The minimum Gasteiger partial charge on any atom is -0.272 e. The van der Waals surface area contributed by atoms with E-state index >= 15 is 0 Å². The van der Waals surface area contributed by atoms with Crippen molar-refractivity contribution in [2.75, 3.05) is 0 Å². The lowest BCUT2D eigenvalue weighted by atomic mass is 9.91. The third-order valence-corrected chi connectivity index (χ3v) is 7.04. The first-order chi connectivity index (χ1) is 16.8. The Hall–Kier alpha value is -2.09. The topological polar surface area (TPSA) is 59.4 Å². The zero-order valence-electron chi connectivity index (χ0n) is 24.1. The van der Waals surface area contributed by atoms with Gasteiger partial charge in [0.25, 0.3) is 0 Å². The molecule has 0 amide bonds. The fourth-order valence-corrected chi connectivity index (χ4v) is 4.93. The highest BCUT2D eigenvalue weighted by Gasteiger charge is 2.19. The van der Waals surface area contributed by atoms with Crippen LogP contribution >= 0.6 is 0 Å². The van der Waals surface area contributed by atoms with Gasteiger partial charge in [-0.2, -0.15) is 15.5 Å². The van der Waals surface area contributed by atoms with Gasteiger partial charge in [0.2, 0.25) is 0 Å². The molecule has 35 heavy (non-hydrogen) atoms. The number of rotatable bonds is 15. The highest BCUT2D eigenvalue weighted by Crippen LogP contribution is 2.30. The first-order valence-electron chi connectivity index (χ1n) is 14.3. The van der Waals surface area contributed by atoms with Crippen LogP contribution < -0.4 is 0 Å². The Balaban J connectivity index is 0.000000351. The SMILES string of the molecule is CCCCC(CCCC)c1c(C#N)cnn1C.CCCCCC(CCC)c1cc(C(C)C)nn1C. The molecule has 0 aliphatic rings. The molecule has 0 saturated carbocycles. The summed E-state index contributed by atoms with van der Waals surface area (Å²) >= 11 is 0. The molecule has 198 valence electrons. The number of hydrogen-bond donors (Lipinski definition) is 0. The van der Waals surface area contributed by atoms with Crippen molar-refractivity contribution in [3.8, 4) is 6.07 Å². The zero-order valence-corrected chi connectivity index (χ0v) is 24.1. The molecule has 0 radical (unpaired) electrons. The Morgan fingerprint density at radius 2 is 1.40 bits per heavy atom. The quantitative estimate of drug-likeness (QED) is 0.238. The molecule has 0 aromatic carbocycles.